The van der Waals surface area contributed by atoms with Gasteiger partial charge in [0.05, 0.1) is 26.0 Å². The van der Waals surface area contributed by atoms with Crippen LogP contribution in [0, 0.1) is 5.92 Å². The highest BCUT2D eigenvalue weighted by molar-refractivity contribution is 6.03. The van der Waals surface area contributed by atoms with Gasteiger partial charge in [0, 0.05) is 30.5 Å². The zero-order valence-corrected chi connectivity index (χ0v) is 18.1. The monoisotopic (exact) mass is 421 g/mol. The minimum absolute atomic E-state index is 0.00409. The second-order valence-electron chi connectivity index (χ2n) is 7.95. The maximum atomic E-state index is 13.2. The van der Waals surface area contributed by atoms with E-state index in [1.807, 2.05) is 48.5 Å². The van der Waals surface area contributed by atoms with E-state index in [2.05, 4.69) is 0 Å². The van der Waals surface area contributed by atoms with Crippen molar-refractivity contribution >= 4 is 17.5 Å². The number of rotatable bonds is 7. The average Bonchev–Trinajstić information content (AvgIpc) is 3.56. The minimum Gasteiger partial charge on any atom is -0.497 e. The van der Waals surface area contributed by atoms with Gasteiger partial charge < -0.3 is 14.4 Å². The number of nitrogens with zero attached hydrogens (tertiary/aromatic N) is 3. The molecule has 7 nitrogen and oxygen atoms in total. The molecule has 4 rings (SSSR count). The minimum atomic E-state index is -0.311. The topological polar surface area (TPSA) is 71.4 Å². The first kappa shape index (κ1) is 20.9. The Morgan fingerprint density at radius 1 is 1.10 bits per heavy atom. The van der Waals surface area contributed by atoms with E-state index in [1.165, 1.54) is 9.91 Å². The van der Waals surface area contributed by atoms with Gasteiger partial charge in [-0.1, -0.05) is 30.3 Å². The number of carbonyl (C=O) groups is 2. The number of hydrazone groups is 1. The number of benzene rings is 2. The zero-order chi connectivity index (χ0) is 22.0. The van der Waals surface area contributed by atoms with E-state index in [4.69, 9.17) is 14.6 Å². The summed E-state index contributed by atoms with van der Waals surface area (Å²) in [4.78, 5) is 27.1. The molecular weight excluding hydrogens is 394 g/mol. The fraction of sp³-hybridized carbons (Fsp3) is 0.375. The van der Waals surface area contributed by atoms with Crippen molar-refractivity contribution in [1.82, 2.24) is 9.91 Å². The molecule has 0 N–H and O–H groups in total. The molecule has 0 unspecified atom stereocenters. The van der Waals surface area contributed by atoms with E-state index in [1.54, 1.807) is 21.3 Å². The Balaban J connectivity index is 1.64. The maximum absolute atomic E-state index is 13.2. The first-order chi connectivity index (χ1) is 15.0. The van der Waals surface area contributed by atoms with Gasteiger partial charge in [0.2, 0.25) is 5.91 Å². The Labute approximate surface area is 182 Å². The normalized spacial score (nSPS) is 17.8. The molecular formula is C24H27N3O4. The Morgan fingerprint density at radius 3 is 2.58 bits per heavy atom. The standard InChI is InChI=1S/C24H27N3O4/c1-26(24(29)16-11-12-16)15-23(28)27-21(19-9-4-5-10-22(19)31-3)14-20(25-27)17-7-6-8-18(13-17)30-2/h4-10,13,16,21H,11-12,14-15H2,1-3H3/t21-/m0/s1. The van der Waals surface area contributed by atoms with E-state index in [0.29, 0.717) is 12.2 Å². The summed E-state index contributed by atoms with van der Waals surface area (Å²) in [6, 6.07) is 15.0. The summed E-state index contributed by atoms with van der Waals surface area (Å²) >= 11 is 0. The van der Waals surface area contributed by atoms with Crippen molar-refractivity contribution in [3.63, 3.8) is 0 Å². The summed E-state index contributed by atoms with van der Waals surface area (Å²) in [5, 5.41) is 6.19. The van der Waals surface area contributed by atoms with Crippen molar-refractivity contribution in [2.24, 2.45) is 11.0 Å². The molecule has 1 aliphatic carbocycles. The van der Waals surface area contributed by atoms with Crippen LogP contribution in [0.4, 0.5) is 0 Å². The van der Waals surface area contributed by atoms with Crippen molar-refractivity contribution in [2.45, 2.75) is 25.3 Å². The lowest BCUT2D eigenvalue weighted by molar-refractivity contribution is -0.141. The first-order valence-corrected chi connectivity index (χ1v) is 10.4. The number of carbonyl (C=O) groups excluding carboxylic acids is 2. The lowest BCUT2D eigenvalue weighted by atomic mass is 9.97. The van der Waals surface area contributed by atoms with E-state index in [9.17, 15) is 9.59 Å². The van der Waals surface area contributed by atoms with Gasteiger partial charge in [-0.15, -0.1) is 0 Å². The van der Waals surface area contributed by atoms with Crippen molar-refractivity contribution in [3.8, 4) is 11.5 Å². The predicted molar refractivity (Wildman–Crippen MR) is 117 cm³/mol. The Bertz CT molecular complexity index is 1020. The largest absolute Gasteiger partial charge is 0.497 e. The third-order valence-electron chi connectivity index (χ3n) is 5.74. The van der Waals surface area contributed by atoms with Crippen LogP contribution in [0.5, 0.6) is 11.5 Å². The van der Waals surface area contributed by atoms with Crippen LogP contribution in [0.2, 0.25) is 0 Å². The van der Waals surface area contributed by atoms with E-state index in [-0.39, 0.29) is 30.3 Å². The first-order valence-electron chi connectivity index (χ1n) is 10.4. The van der Waals surface area contributed by atoms with Crippen LogP contribution in [0.1, 0.15) is 36.4 Å². The molecule has 1 atom stereocenters. The molecule has 1 heterocycles. The molecule has 2 aromatic carbocycles. The molecule has 7 heteroatoms. The molecule has 1 fully saturated rings. The highest BCUT2D eigenvalue weighted by Crippen LogP contribution is 2.38. The van der Waals surface area contributed by atoms with Crippen molar-refractivity contribution < 1.29 is 19.1 Å². The van der Waals surface area contributed by atoms with Gasteiger partial charge in [0.25, 0.3) is 5.91 Å². The van der Waals surface area contributed by atoms with Crippen molar-refractivity contribution in [2.75, 3.05) is 27.8 Å². The number of amides is 2. The molecule has 31 heavy (non-hydrogen) atoms. The summed E-state index contributed by atoms with van der Waals surface area (Å²) in [5.41, 5.74) is 2.58. The fourth-order valence-electron chi connectivity index (χ4n) is 3.90. The molecule has 162 valence electrons. The lowest BCUT2D eigenvalue weighted by Crippen LogP contribution is -2.39. The lowest BCUT2D eigenvalue weighted by Gasteiger charge is -2.26. The van der Waals surface area contributed by atoms with Crippen LogP contribution in [-0.4, -0.2) is 55.2 Å². The van der Waals surface area contributed by atoms with Gasteiger partial charge in [0.1, 0.15) is 18.0 Å². The van der Waals surface area contributed by atoms with Crippen LogP contribution in [0.3, 0.4) is 0 Å². The van der Waals surface area contributed by atoms with E-state index in [0.717, 1.165) is 35.4 Å². The second kappa shape index (κ2) is 8.79. The molecule has 1 aliphatic heterocycles. The number of hydrogen-bond donors (Lipinski definition) is 0. The molecule has 1 saturated carbocycles. The third-order valence-corrected chi connectivity index (χ3v) is 5.74. The second-order valence-corrected chi connectivity index (χ2v) is 7.95. The highest BCUT2D eigenvalue weighted by atomic mass is 16.5. The highest BCUT2D eigenvalue weighted by Gasteiger charge is 2.37. The number of ether oxygens (including phenoxy) is 2. The van der Waals surface area contributed by atoms with Crippen LogP contribution in [0.15, 0.2) is 53.6 Å². The van der Waals surface area contributed by atoms with Gasteiger partial charge in [-0.3, -0.25) is 9.59 Å². The molecule has 2 aliphatic rings. The van der Waals surface area contributed by atoms with Gasteiger partial charge in [-0.25, -0.2) is 5.01 Å². The third kappa shape index (κ3) is 4.40. The quantitative estimate of drug-likeness (QED) is 0.688. The molecule has 0 saturated heterocycles. The number of para-hydroxylation sites is 1. The predicted octanol–water partition coefficient (Wildman–Crippen LogP) is 3.25. The summed E-state index contributed by atoms with van der Waals surface area (Å²) in [7, 11) is 4.92. The van der Waals surface area contributed by atoms with Crippen LogP contribution in [-0.2, 0) is 9.59 Å². The van der Waals surface area contributed by atoms with Gasteiger partial charge >= 0.3 is 0 Å². The average molecular weight is 421 g/mol. The van der Waals surface area contributed by atoms with Gasteiger partial charge in [-0.2, -0.15) is 5.10 Å². The summed E-state index contributed by atoms with van der Waals surface area (Å²) in [6.45, 7) is -0.00409. The SMILES string of the molecule is COc1cccc(C2=NN(C(=O)CN(C)C(=O)C3CC3)[C@H](c3ccccc3OC)C2)c1. The number of likely N-dealkylation sites (N-methyl/N-ethyl adjacent to an activating group) is 1. The Kier molecular flexibility index (Phi) is 5.93. The smallest absolute Gasteiger partial charge is 0.262 e. The van der Waals surface area contributed by atoms with Crippen LogP contribution in [0.25, 0.3) is 0 Å². The van der Waals surface area contributed by atoms with Crippen LogP contribution >= 0.6 is 0 Å². The molecule has 2 aromatic rings. The zero-order valence-electron chi connectivity index (χ0n) is 18.1. The maximum Gasteiger partial charge on any atom is 0.262 e. The fourth-order valence-corrected chi connectivity index (χ4v) is 3.90. The van der Waals surface area contributed by atoms with E-state index >= 15 is 0 Å². The summed E-state index contributed by atoms with van der Waals surface area (Å²) in [5.74, 6) is 1.31. The molecule has 2 amide bonds. The Morgan fingerprint density at radius 2 is 1.87 bits per heavy atom. The van der Waals surface area contributed by atoms with Crippen LogP contribution < -0.4 is 9.47 Å². The summed E-state index contributed by atoms with van der Waals surface area (Å²) in [6.07, 6.45) is 2.35. The van der Waals surface area contributed by atoms with Crippen molar-refractivity contribution in [1.29, 1.82) is 0 Å². The van der Waals surface area contributed by atoms with E-state index < -0.39 is 0 Å². The van der Waals surface area contributed by atoms with Gasteiger partial charge in [0.15, 0.2) is 0 Å². The van der Waals surface area contributed by atoms with Gasteiger partial charge in [-0.05, 0) is 31.0 Å². The number of hydrogen-bond acceptors (Lipinski definition) is 5. The van der Waals surface area contributed by atoms with Crippen molar-refractivity contribution in [3.05, 3.63) is 59.7 Å². The molecule has 0 spiro atoms. The summed E-state index contributed by atoms with van der Waals surface area (Å²) < 4.78 is 10.9. The molecule has 0 radical (unpaired) electrons. The number of methoxy groups -OCH3 is 2. The Hall–Kier alpha value is -3.35. The molecule has 0 aromatic heterocycles. The molecule has 0 bridgehead atoms.